The van der Waals surface area contributed by atoms with Gasteiger partial charge < -0.3 is 9.80 Å². The maximum Gasteiger partial charge on any atom is 0.102 e. The zero-order valence-corrected chi connectivity index (χ0v) is 17.6. The summed E-state index contributed by atoms with van der Waals surface area (Å²) >= 11 is 0. The van der Waals surface area contributed by atoms with Crippen molar-refractivity contribution in [2.45, 2.75) is 39.5 Å². The lowest BCUT2D eigenvalue weighted by atomic mass is 10.0. The van der Waals surface area contributed by atoms with Crippen LogP contribution in [0.15, 0.2) is 71.6 Å². The van der Waals surface area contributed by atoms with Crippen molar-refractivity contribution in [3.8, 4) is 0 Å². The zero-order valence-electron chi connectivity index (χ0n) is 17.6. The average Bonchev–Trinajstić information content (AvgIpc) is 3.15. The van der Waals surface area contributed by atoms with Crippen LogP contribution in [-0.2, 0) is 0 Å². The fourth-order valence-corrected chi connectivity index (χ4v) is 4.20. The molecule has 0 amide bonds. The third-order valence-corrected chi connectivity index (χ3v) is 5.93. The van der Waals surface area contributed by atoms with Crippen LogP contribution in [0.1, 0.15) is 43.7 Å². The summed E-state index contributed by atoms with van der Waals surface area (Å²) in [5, 5.41) is 0. The van der Waals surface area contributed by atoms with E-state index in [0.29, 0.717) is 0 Å². The molecular weight excluding hydrogens is 356 g/mol. The molecule has 0 unspecified atom stereocenters. The van der Waals surface area contributed by atoms with Crippen molar-refractivity contribution in [1.82, 2.24) is 9.88 Å². The minimum Gasteiger partial charge on any atom is -0.360 e. The van der Waals surface area contributed by atoms with Gasteiger partial charge in [0.2, 0.25) is 0 Å². The third-order valence-electron chi connectivity index (χ3n) is 5.93. The van der Waals surface area contributed by atoms with Gasteiger partial charge in [0.25, 0.3) is 0 Å². The Bertz CT molecular complexity index is 919. The quantitative estimate of drug-likeness (QED) is 0.521. The molecule has 0 N–H and O–H groups in total. The van der Waals surface area contributed by atoms with E-state index in [-0.39, 0.29) is 0 Å². The van der Waals surface area contributed by atoms with Gasteiger partial charge in [-0.2, -0.15) is 0 Å². The monoisotopic (exact) mass is 386 g/mol. The maximum atomic E-state index is 5.18. The molecule has 0 bridgehead atoms. The van der Waals surface area contributed by atoms with E-state index >= 15 is 0 Å². The Balaban J connectivity index is 1.73. The molecule has 4 nitrogen and oxygen atoms in total. The molecule has 1 aromatic carbocycles. The summed E-state index contributed by atoms with van der Waals surface area (Å²) in [5.41, 5.74) is 6.91. The molecule has 0 aliphatic carbocycles. The molecule has 0 radical (unpaired) electrons. The fourth-order valence-electron chi connectivity index (χ4n) is 4.20. The van der Waals surface area contributed by atoms with E-state index in [0.717, 1.165) is 49.0 Å². The number of pyridine rings is 1. The summed E-state index contributed by atoms with van der Waals surface area (Å²) in [4.78, 5) is 14.0. The Morgan fingerprint density at radius 3 is 2.34 bits per heavy atom. The van der Waals surface area contributed by atoms with Gasteiger partial charge in [0.1, 0.15) is 5.84 Å². The molecule has 29 heavy (non-hydrogen) atoms. The number of rotatable bonds is 3. The Labute approximate surface area is 174 Å². The molecular formula is C25H30N4. The van der Waals surface area contributed by atoms with Crippen molar-refractivity contribution in [1.29, 1.82) is 0 Å². The predicted octanol–water partition coefficient (Wildman–Crippen LogP) is 5.43. The van der Waals surface area contributed by atoms with Gasteiger partial charge in [0.05, 0.1) is 5.70 Å². The summed E-state index contributed by atoms with van der Waals surface area (Å²) in [5.74, 6) is 1.11. The Morgan fingerprint density at radius 2 is 1.66 bits per heavy atom. The van der Waals surface area contributed by atoms with Crippen LogP contribution in [0.2, 0.25) is 0 Å². The summed E-state index contributed by atoms with van der Waals surface area (Å²) < 4.78 is 0. The molecule has 1 aromatic heterocycles. The van der Waals surface area contributed by atoms with Crippen LogP contribution in [0, 0.1) is 6.92 Å². The van der Waals surface area contributed by atoms with Crippen LogP contribution in [0.3, 0.4) is 0 Å². The molecule has 2 saturated heterocycles. The van der Waals surface area contributed by atoms with Gasteiger partial charge in [0, 0.05) is 54.5 Å². The topological polar surface area (TPSA) is 31.7 Å². The first-order valence-corrected chi connectivity index (χ1v) is 10.6. The van der Waals surface area contributed by atoms with Gasteiger partial charge in [-0.25, -0.2) is 4.99 Å². The first kappa shape index (κ1) is 19.4. The SMILES string of the molecule is C=C1/C(=C(\N=C(C)N2CCCCC2)c2ccc(C)cc2)CCN1c1ccncc1. The van der Waals surface area contributed by atoms with Gasteiger partial charge in [-0.1, -0.05) is 36.4 Å². The number of hydrogen-bond donors (Lipinski definition) is 0. The average molecular weight is 387 g/mol. The number of anilines is 1. The first-order chi connectivity index (χ1) is 14.1. The smallest absolute Gasteiger partial charge is 0.102 e. The molecule has 2 aliphatic rings. The second-order valence-electron chi connectivity index (χ2n) is 7.95. The van der Waals surface area contributed by atoms with Gasteiger partial charge >= 0.3 is 0 Å². The number of aliphatic imine (C=N–C) groups is 1. The normalized spacial score (nSPS) is 19.7. The summed E-state index contributed by atoms with van der Waals surface area (Å²) in [6.45, 7) is 11.9. The van der Waals surface area contributed by atoms with Gasteiger partial charge in [-0.15, -0.1) is 0 Å². The zero-order chi connectivity index (χ0) is 20.2. The molecule has 2 aliphatic heterocycles. The molecule has 0 saturated carbocycles. The third kappa shape index (κ3) is 4.26. The van der Waals surface area contributed by atoms with E-state index in [1.165, 1.54) is 36.0 Å². The number of benzene rings is 1. The second kappa shape index (κ2) is 8.64. The predicted molar refractivity (Wildman–Crippen MR) is 122 cm³/mol. The Hall–Kier alpha value is -2.88. The number of piperidine rings is 1. The minimum atomic E-state index is 0.922. The summed E-state index contributed by atoms with van der Waals surface area (Å²) in [6.07, 6.45) is 8.46. The number of amidine groups is 1. The van der Waals surface area contributed by atoms with E-state index in [2.05, 4.69) is 59.5 Å². The Kier molecular flexibility index (Phi) is 5.79. The van der Waals surface area contributed by atoms with Crippen molar-refractivity contribution in [2.75, 3.05) is 24.5 Å². The molecule has 0 spiro atoms. The molecule has 4 rings (SSSR count). The molecule has 150 valence electrons. The van der Waals surface area contributed by atoms with Crippen molar-refractivity contribution in [3.05, 3.63) is 77.8 Å². The number of likely N-dealkylation sites (tertiary alicyclic amines) is 1. The van der Waals surface area contributed by atoms with Gasteiger partial charge in [0.15, 0.2) is 0 Å². The molecule has 4 heteroatoms. The van der Waals surface area contributed by atoms with Crippen LogP contribution in [-0.4, -0.2) is 35.4 Å². The number of aromatic nitrogens is 1. The van der Waals surface area contributed by atoms with Crippen molar-refractivity contribution >= 4 is 17.2 Å². The van der Waals surface area contributed by atoms with Gasteiger partial charge in [-0.3, -0.25) is 4.98 Å². The molecule has 2 aromatic rings. The van der Waals surface area contributed by atoms with E-state index in [9.17, 15) is 0 Å². The molecule has 2 fully saturated rings. The molecule has 3 heterocycles. The lowest BCUT2D eigenvalue weighted by Crippen LogP contribution is -2.34. The lowest BCUT2D eigenvalue weighted by molar-refractivity contribution is 0.341. The number of hydrogen-bond acceptors (Lipinski definition) is 3. The standard InChI is InChI=1S/C25H30N4/c1-19-7-9-22(10-8-19)25(27-21(3)28-16-5-4-6-17-28)24-13-18-29(20(24)2)23-11-14-26-15-12-23/h7-12,14-15H,2,4-6,13,16-18H2,1,3H3/b25-24-,27-21?. The van der Waals surface area contributed by atoms with Gasteiger partial charge in [-0.05, 0) is 51.7 Å². The van der Waals surface area contributed by atoms with Crippen molar-refractivity contribution in [2.24, 2.45) is 4.99 Å². The highest BCUT2D eigenvalue weighted by atomic mass is 15.2. The van der Waals surface area contributed by atoms with Crippen LogP contribution in [0.4, 0.5) is 5.69 Å². The van der Waals surface area contributed by atoms with Crippen molar-refractivity contribution in [3.63, 3.8) is 0 Å². The van der Waals surface area contributed by atoms with E-state index in [1.54, 1.807) is 0 Å². The Morgan fingerprint density at radius 1 is 0.966 bits per heavy atom. The summed E-state index contributed by atoms with van der Waals surface area (Å²) in [7, 11) is 0. The van der Waals surface area contributed by atoms with E-state index < -0.39 is 0 Å². The lowest BCUT2D eigenvalue weighted by Gasteiger charge is -2.28. The second-order valence-corrected chi connectivity index (χ2v) is 7.95. The highest BCUT2D eigenvalue weighted by Gasteiger charge is 2.26. The fraction of sp³-hybridized carbons (Fsp3) is 0.360. The number of nitrogens with zero attached hydrogens (tertiary/aromatic N) is 4. The minimum absolute atomic E-state index is 0.922. The number of aryl methyl sites for hydroxylation is 1. The van der Waals surface area contributed by atoms with Crippen LogP contribution in [0.25, 0.3) is 5.70 Å². The number of allylic oxidation sites excluding steroid dienone is 1. The largest absolute Gasteiger partial charge is 0.360 e. The highest BCUT2D eigenvalue weighted by Crippen LogP contribution is 2.37. The van der Waals surface area contributed by atoms with Crippen LogP contribution < -0.4 is 4.90 Å². The van der Waals surface area contributed by atoms with Crippen molar-refractivity contribution < 1.29 is 0 Å². The van der Waals surface area contributed by atoms with E-state index in [4.69, 9.17) is 4.99 Å². The van der Waals surface area contributed by atoms with E-state index in [1.807, 2.05) is 24.5 Å². The first-order valence-electron chi connectivity index (χ1n) is 10.6. The highest BCUT2D eigenvalue weighted by molar-refractivity contribution is 5.88. The molecule has 0 atom stereocenters. The maximum absolute atomic E-state index is 5.18. The van der Waals surface area contributed by atoms with Crippen LogP contribution in [0.5, 0.6) is 0 Å². The summed E-state index contributed by atoms with van der Waals surface area (Å²) in [6, 6.07) is 12.8. The van der Waals surface area contributed by atoms with Crippen LogP contribution >= 0.6 is 0 Å².